The molecule has 0 saturated heterocycles. The monoisotopic (exact) mass is 361 g/mol. The number of aryl methyl sites for hydroxylation is 1. The van der Waals surface area contributed by atoms with Crippen LogP contribution in [0.5, 0.6) is 5.75 Å². The number of methoxy groups -OCH3 is 1. The molecule has 3 rings (SSSR count). The summed E-state index contributed by atoms with van der Waals surface area (Å²) in [4.78, 5) is 16.8. The van der Waals surface area contributed by atoms with Crippen LogP contribution in [0.2, 0.25) is 0 Å². The van der Waals surface area contributed by atoms with E-state index in [2.05, 4.69) is 21.7 Å². The highest BCUT2D eigenvalue weighted by molar-refractivity contribution is 6.04. The van der Waals surface area contributed by atoms with E-state index in [0.717, 1.165) is 23.4 Å². The summed E-state index contributed by atoms with van der Waals surface area (Å²) in [7, 11) is 1.66. The van der Waals surface area contributed by atoms with Crippen molar-refractivity contribution in [1.29, 1.82) is 0 Å². The number of nitrogens with one attached hydrogen (secondary N) is 2. The molecule has 0 fully saturated rings. The smallest absolute Gasteiger partial charge is 0.255 e. The van der Waals surface area contributed by atoms with Crippen molar-refractivity contribution in [1.82, 2.24) is 4.98 Å². The quantitative estimate of drug-likeness (QED) is 0.658. The van der Waals surface area contributed by atoms with E-state index >= 15 is 0 Å². The topological polar surface area (TPSA) is 63.2 Å². The first-order valence-corrected chi connectivity index (χ1v) is 8.85. The standard InChI is InChI=1S/C22H23N3O2/c1-16-5-3-7-19(13-16)25-22(26)18-10-12-24-21(15-18)23-11-9-17-6-4-8-20(14-17)27-2/h3-8,10,12-15H,9,11H2,1-2H3,(H,23,24)(H,25,26). The summed E-state index contributed by atoms with van der Waals surface area (Å²) in [6.45, 7) is 2.70. The van der Waals surface area contributed by atoms with Gasteiger partial charge >= 0.3 is 0 Å². The van der Waals surface area contributed by atoms with Crippen LogP contribution in [0.1, 0.15) is 21.5 Å². The molecule has 0 spiro atoms. The fraction of sp³-hybridized carbons (Fsp3) is 0.182. The second kappa shape index (κ2) is 8.85. The van der Waals surface area contributed by atoms with Crippen molar-refractivity contribution in [3.63, 3.8) is 0 Å². The molecule has 0 radical (unpaired) electrons. The molecule has 1 heterocycles. The van der Waals surface area contributed by atoms with E-state index in [-0.39, 0.29) is 5.91 Å². The van der Waals surface area contributed by atoms with Crippen molar-refractivity contribution in [2.45, 2.75) is 13.3 Å². The maximum Gasteiger partial charge on any atom is 0.255 e. The van der Waals surface area contributed by atoms with Crippen LogP contribution in [0.15, 0.2) is 66.9 Å². The van der Waals surface area contributed by atoms with Crippen LogP contribution < -0.4 is 15.4 Å². The minimum atomic E-state index is -0.154. The van der Waals surface area contributed by atoms with E-state index in [1.807, 2.05) is 49.4 Å². The van der Waals surface area contributed by atoms with Crippen molar-refractivity contribution in [3.05, 3.63) is 83.6 Å². The fourth-order valence-electron chi connectivity index (χ4n) is 2.76. The lowest BCUT2D eigenvalue weighted by Gasteiger charge is -2.09. The number of carbonyl (C=O) groups excluding carboxylic acids is 1. The lowest BCUT2D eigenvalue weighted by atomic mass is 10.1. The van der Waals surface area contributed by atoms with E-state index in [9.17, 15) is 4.79 Å². The second-order valence-corrected chi connectivity index (χ2v) is 6.28. The molecule has 0 atom stereocenters. The Kier molecular flexibility index (Phi) is 6.05. The Labute approximate surface area is 159 Å². The predicted octanol–water partition coefficient (Wildman–Crippen LogP) is 4.31. The summed E-state index contributed by atoms with van der Waals surface area (Å²) in [5.74, 6) is 1.37. The number of benzene rings is 2. The Hall–Kier alpha value is -3.34. The fourth-order valence-corrected chi connectivity index (χ4v) is 2.76. The minimum absolute atomic E-state index is 0.154. The molecule has 5 nitrogen and oxygen atoms in total. The molecule has 2 aromatic carbocycles. The number of pyridine rings is 1. The molecule has 0 aliphatic heterocycles. The van der Waals surface area contributed by atoms with E-state index in [0.29, 0.717) is 17.9 Å². The van der Waals surface area contributed by atoms with Crippen molar-refractivity contribution < 1.29 is 9.53 Å². The molecule has 138 valence electrons. The first-order valence-electron chi connectivity index (χ1n) is 8.85. The van der Waals surface area contributed by atoms with Gasteiger partial charge in [0.05, 0.1) is 7.11 Å². The molecular weight excluding hydrogens is 338 g/mol. The SMILES string of the molecule is COc1cccc(CCNc2cc(C(=O)Nc3cccc(C)c3)ccn2)c1. The van der Waals surface area contributed by atoms with Gasteiger partial charge < -0.3 is 15.4 Å². The first-order chi connectivity index (χ1) is 13.1. The third kappa shape index (κ3) is 5.31. The van der Waals surface area contributed by atoms with Gasteiger partial charge in [0, 0.05) is 24.0 Å². The van der Waals surface area contributed by atoms with Crippen LogP contribution >= 0.6 is 0 Å². The Morgan fingerprint density at radius 2 is 1.93 bits per heavy atom. The highest BCUT2D eigenvalue weighted by Crippen LogP contribution is 2.15. The van der Waals surface area contributed by atoms with Crippen molar-refractivity contribution in [2.24, 2.45) is 0 Å². The minimum Gasteiger partial charge on any atom is -0.497 e. The number of hydrogen-bond acceptors (Lipinski definition) is 4. The van der Waals surface area contributed by atoms with Gasteiger partial charge in [0.15, 0.2) is 0 Å². The number of hydrogen-bond donors (Lipinski definition) is 2. The van der Waals surface area contributed by atoms with Crippen LogP contribution in [0, 0.1) is 6.92 Å². The summed E-state index contributed by atoms with van der Waals surface area (Å²) in [5.41, 5.74) is 3.62. The number of rotatable bonds is 7. The predicted molar refractivity (Wildman–Crippen MR) is 109 cm³/mol. The van der Waals surface area contributed by atoms with Gasteiger partial charge in [-0.2, -0.15) is 0 Å². The highest BCUT2D eigenvalue weighted by Gasteiger charge is 2.08. The van der Waals surface area contributed by atoms with Crippen molar-refractivity contribution >= 4 is 17.4 Å². The molecule has 3 aromatic rings. The van der Waals surface area contributed by atoms with Crippen LogP contribution in [0.25, 0.3) is 0 Å². The van der Waals surface area contributed by atoms with Gasteiger partial charge in [-0.05, 0) is 60.9 Å². The van der Waals surface area contributed by atoms with E-state index in [1.165, 1.54) is 5.56 Å². The number of aromatic nitrogens is 1. The molecule has 0 aliphatic carbocycles. The Morgan fingerprint density at radius 3 is 2.74 bits per heavy atom. The Bertz CT molecular complexity index is 925. The molecule has 0 saturated carbocycles. The summed E-state index contributed by atoms with van der Waals surface area (Å²) in [6, 6.07) is 19.2. The first kappa shape index (κ1) is 18.5. The molecule has 5 heteroatoms. The molecule has 0 bridgehead atoms. The summed E-state index contributed by atoms with van der Waals surface area (Å²) in [6.07, 6.45) is 2.47. The zero-order valence-corrected chi connectivity index (χ0v) is 15.5. The van der Waals surface area contributed by atoms with Gasteiger partial charge in [0.1, 0.15) is 11.6 Å². The molecule has 2 N–H and O–H groups in total. The van der Waals surface area contributed by atoms with E-state index < -0.39 is 0 Å². The Balaban J connectivity index is 1.58. The molecule has 0 aliphatic rings. The summed E-state index contributed by atoms with van der Waals surface area (Å²) >= 11 is 0. The Morgan fingerprint density at radius 1 is 1.07 bits per heavy atom. The van der Waals surface area contributed by atoms with Gasteiger partial charge in [-0.15, -0.1) is 0 Å². The maximum absolute atomic E-state index is 12.5. The number of nitrogens with zero attached hydrogens (tertiary/aromatic N) is 1. The van der Waals surface area contributed by atoms with Crippen LogP contribution in [-0.4, -0.2) is 24.5 Å². The van der Waals surface area contributed by atoms with Crippen molar-refractivity contribution in [2.75, 3.05) is 24.3 Å². The van der Waals surface area contributed by atoms with E-state index in [1.54, 1.807) is 25.4 Å². The van der Waals surface area contributed by atoms with Gasteiger partial charge in [-0.3, -0.25) is 4.79 Å². The molecular formula is C22H23N3O2. The van der Waals surface area contributed by atoms with Crippen LogP contribution in [0.3, 0.4) is 0 Å². The zero-order valence-electron chi connectivity index (χ0n) is 15.5. The number of ether oxygens (including phenoxy) is 1. The third-order valence-corrected chi connectivity index (χ3v) is 4.15. The molecule has 1 aromatic heterocycles. The highest BCUT2D eigenvalue weighted by atomic mass is 16.5. The van der Waals surface area contributed by atoms with Gasteiger partial charge in [-0.25, -0.2) is 4.98 Å². The van der Waals surface area contributed by atoms with Gasteiger partial charge in [0.25, 0.3) is 5.91 Å². The average molecular weight is 361 g/mol. The lowest BCUT2D eigenvalue weighted by Crippen LogP contribution is -2.13. The zero-order chi connectivity index (χ0) is 19.1. The normalized spacial score (nSPS) is 10.3. The summed E-state index contributed by atoms with van der Waals surface area (Å²) in [5, 5.41) is 6.18. The number of anilines is 2. The second-order valence-electron chi connectivity index (χ2n) is 6.28. The number of carbonyl (C=O) groups is 1. The van der Waals surface area contributed by atoms with Gasteiger partial charge in [-0.1, -0.05) is 24.3 Å². The van der Waals surface area contributed by atoms with E-state index in [4.69, 9.17) is 4.74 Å². The molecule has 27 heavy (non-hydrogen) atoms. The number of amides is 1. The molecule has 0 unspecified atom stereocenters. The van der Waals surface area contributed by atoms with Crippen molar-refractivity contribution in [3.8, 4) is 5.75 Å². The van der Waals surface area contributed by atoms with Gasteiger partial charge in [0.2, 0.25) is 0 Å². The third-order valence-electron chi connectivity index (χ3n) is 4.15. The lowest BCUT2D eigenvalue weighted by molar-refractivity contribution is 0.102. The van der Waals surface area contributed by atoms with Crippen LogP contribution in [0.4, 0.5) is 11.5 Å². The maximum atomic E-state index is 12.5. The van der Waals surface area contributed by atoms with Crippen LogP contribution in [-0.2, 0) is 6.42 Å². The average Bonchev–Trinajstić information content (AvgIpc) is 2.68. The molecule has 1 amide bonds. The summed E-state index contributed by atoms with van der Waals surface area (Å²) < 4.78 is 5.24. The largest absolute Gasteiger partial charge is 0.497 e.